The van der Waals surface area contributed by atoms with Crippen LogP contribution in [0.4, 0.5) is 18.9 Å². The van der Waals surface area contributed by atoms with Crippen LogP contribution in [-0.2, 0) is 6.18 Å². The number of hydrogen-bond donors (Lipinski definition) is 1. The molecule has 3 rings (SSSR count). The summed E-state index contributed by atoms with van der Waals surface area (Å²) in [7, 11) is 0. The lowest BCUT2D eigenvalue weighted by molar-refractivity contribution is -0.137. The van der Waals surface area contributed by atoms with E-state index in [4.69, 9.17) is 10.2 Å². The SMILES string of the molecule is CC(C)(C)C1=NN(c2ccc(C(=O)O)cc2)C(c2ccc(C(F)(F)F)cc2)C1. The van der Waals surface area contributed by atoms with E-state index in [1.54, 1.807) is 17.1 Å². The lowest BCUT2D eigenvalue weighted by Crippen LogP contribution is -2.20. The van der Waals surface area contributed by atoms with Crippen LogP contribution in [0.25, 0.3) is 0 Å². The third-order valence-corrected chi connectivity index (χ3v) is 4.78. The molecule has 0 fully saturated rings. The Morgan fingerprint density at radius 1 is 1.04 bits per heavy atom. The third kappa shape index (κ3) is 4.03. The Morgan fingerprint density at radius 2 is 1.61 bits per heavy atom. The Hall–Kier alpha value is -2.83. The van der Waals surface area contributed by atoms with Crippen LogP contribution in [0.2, 0.25) is 0 Å². The summed E-state index contributed by atoms with van der Waals surface area (Å²) in [5, 5.41) is 15.6. The second-order valence-electron chi connectivity index (χ2n) is 7.83. The van der Waals surface area contributed by atoms with Crippen molar-refractivity contribution < 1.29 is 23.1 Å². The molecule has 1 aliphatic rings. The maximum Gasteiger partial charge on any atom is 0.416 e. The quantitative estimate of drug-likeness (QED) is 0.725. The van der Waals surface area contributed by atoms with Gasteiger partial charge in [0.2, 0.25) is 0 Å². The topological polar surface area (TPSA) is 52.9 Å². The van der Waals surface area contributed by atoms with Crippen molar-refractivity contribution in [3.8, 4) is 0 Å². The zero-order valence-electron chi connectivity index (χ0n) is 15.8. The monoisotopic (exact) mass is 390 g/mol. The van der Waals surface area contributed by atoms with Crippen LogP contribution in [-0.4, -0.2) is 16.8 Å². The maximum absolute atomic E-state index is 12.9. The van der Waals surface area contributed by atoms with Crippen molar-refractivity contribution in [1.29, 1.82) is 0 Å². The number of anilines is 1. The van der Waals surface area contributed by atoms with Gasteiger partial charge in [-0.15, -0.1) is 0 Å². The van der Waals surface area contributed by atoms with Crippen LogP contribution in [0.3, 0.4) is 0 Å². The molecular formula is C21H21F3N2O2. The molecule has 0 saturated heterocycles. The first kappa shape index (κ1) is 19.9. The number of carboxylic acid groups (broad SMARTS) is 1. The van der Waals surface area contributed by atoms with E-state index in [0.29, 0.717) is 12.1 Å². The second kappa shape index (κ2) is 6.96. The van der Waals surface area contributed by atoms with Gasteiger partial charge < -0.3 is 5.11 Å². The van der Waals surface area contributed by atoms with Crippen molar-refractivity contribution in [2.75, 3.05) is 5.01 Å². The Labute approximate surface area is 161 Å². The molecule has 148 valence electrons. The van der Waals surface area contributed by atoms with Crippen LogP contribution >= 0.6 is 0 Å². The van der Waals surface area contributed by atoms with Crippen LogP contribution in [0.15, 0.2) is 53.6 Å². The minimum atomic E-state index is -4.38. The molecule has 0 aromatic heterocycles. The standard InChI is InChI=1S/C21H21F3N2O2/c1-20(2,3)18-12-17(13-4-8-15(9-5-13)21(22,23)24)26(25-18)16-10-6-14(7-11-16)19(27)28/h4-11,17H,12H2,1-3H3,(H,27,28). The van der Waals surface area contributed by atoms with Gasteiger partial charge in [0.1, 0.15) is 0 Å². The average Bonchev–Trinajstić information content (AvgIpc) is 3.07. The van der Waals surface area contributed by atoms with E-state index in [-0.39, 0.29) is 17.0 Å². The van der Waals surface area contributed by atoms with E-state index in [0.717, 1.165) is 23.4 Å². The van der Waals surface area contributed by atoms with E-state index < -0.39 is 17.7 Å². The summed E-state index contributed by atoms with van der Waals surface area (Å²) in [4.78, 5) is 11.1. The molecule has 0 bridgehead atoms. The maximum atomic E-state index is 12.9. The molecule has 1 aliphatic heterocycles. The van der Waals surface area contributed by atoms with Gasteiger partial charge in [0.05, 0.1) is 22.9 Å². The number of alkyl halides is 3. The normalized spacial score (nSPS) is 17.6. The van der Waals surface area contributed by atoms with Crippen molar-refractivity contribution in [3.05, 3.63) is 65.2 Å². The molecule has 0 spiro atoms. The van der Waals surface area contributed by atoms with E-state index in [1.807, 2.05) is 20.8 Å². The largest absolute Gasteiger partial charge is 0.478 e. The molecule has 1 N–H and O–H groups in total. The first-order chi connectivity index (χ1) is 13.0. The fourth-order valence-corrected chi connectivity index (χ4v) is 3.11. The van der Waals surface area contributed by atoms with Gasteiger partial charge in [-0.05, 0) is 42.0 Å². The Balaban J connectivity index is 1.98. The van der Waals surface area contributed by atoms with E-state index in [9.17, 15) is 18.0 Å². The van der Waals surface area contributed by atoms with Gasteiger partial charge in [-0.3, -0.25) is 5.01 Å². The first-order valence-electron chi connectivity index (χ1n) is 8.84. The molecule has 1 heterocycles. The van der Waals surface area contributed by atoms with Gasteiger partial charge in [-0.1, -0.05) is 32.9 Å². The van der Waals surface area contributed by atoms with Crippen molar-refractivity contribution in [3.63, 3.8) is 0 Å². The van der Waals surface area contributed by atoms with Gasteiger partial charge in [0.25, 0.3) is 0 Å². The lowest BCUT2D eigenvalue weighted by atomic mass is 9.85. The highest BCUT2D eigenvalue weighted by Crippen LogP contribution is 2.40. The second-order valence-corrected chi connectivity index (χ2v) is 7.83. The number of carbonyl (C=O) groups is 1. The van der Waals surface area contributed by atoms with Crippen molar-refractivity contribution in [2.45, 2.75) is 39.4 Å². The molecule has 4 nitrogen and oxygen atoms in total. The molecule has 2 aromatic rings. The highest BCUT2D eigenvalue weighted by atomic mass is 19.4. The van der Waals surface area contributed by atoms with Crippen LogP contribution < -0.4 is 5.01 Å². The average molecular weight is 390 g/mol. The zero-order valence-corrected chi connectivity index (χ0v) is 15.8. The van der Waals surface area contributed by atoms with Crippen LogP contribution in [0.5, 0.6) is 0 Å². The molecule has 1 unspecified atom stereocenters. The summed E-state index contributed by atoms with van der Waals surface area (Å²) >= 11 is 0. The highest BCUT2D eigenvalue weighted by molar-refractivity contribution is 5.93. The van der Waals surface area contributed by atoms with Gasteiger partial charge >= 0.3 is 12.1 Å². The molecule has 0 aliphatic carbocycles. The van der Waals surface area contributed by atoms with Crippen molar-refractivity contribution >= 4 is 17.4 Å². The Kier molecular flexibility index (Phi) is 4.95. The van der Waals surface area contributed by atoms with E-state index in [2.05, 4.69) is 0 Å². The van der Waals surface area contributed by atoms with E-state index in [1.165, 1.54) is 24.3 Å². The zero-order chi connectivity index (χ0) is 20.7. The fraction of sp³-hybridized carbons (Fsp3) is 0.333. The van der Waals surface area contributed by atoms with E-state index >= 15 is 0 Å². The molecule has 28 heavy (non-hydrogen) atoms. The number of aromatic carboxylic acids is 1. The summed E-state index contributed by atoms with van der Waals surface area (Å²) in [6, 6.07) is 11.2. The molecular weight excluding hydrogens is 369 g/mol. The molecule has 0 radical (unpaired) electrons. The lowest BCUT2D eigenvalue weighted by Gasteiger charge is -2.24. The molecule has 1 atom stereocenters. The third-order valence-electron chi connectivity index (χ3n) is 4.78. The first-order valence-corrected chi connectivity index (χ1v) is 8.84. The number of carboxylic acids is 1. The molecule has 7 heteroatoms. The fourth-order valence-electron chi connectivity index (χ4n) is 3.11. The van der Waals surface area contributed by atoms with Gasteiger partial charge in [0.15, 0.2) is 0 Å². The number of nitrogens with zero attached hydrogens (tertiary/aromatic N) is 2. The molecule has 0 saturated carbocycles. The van der Waals surface area contributed by atoms with Crippen LogP contribution in [0.1, 0.15) is 54.7 Å². The summed E-state index contributed by atoms with van der Waals surface area (Å²) in [5.41, 5.74) is 1.62. The van der Waals surface area contributed by atoms with Crippen molar-refractivity contribution in [2.24, 2.45) is 10.5 Å². The number of hydrogen-bond acceptors (Lipinski definition) is 3. The summed E-state index contributed by atoms with van der Waals surface area (Å²) in [5.74, 6) is -1.02. The van der Waals surface area contributed by atoms with Crippen molar-refractivity contribution in [1.82, 2.24) is 0 Å². The summed E-state index contributed by atoms with van der Waals surface area (Å²) in [6.45, 7) is 6.10. The Morgan fingerprint density at radius 3 is 2.07 bits per heavy atom. The number of benzene rings is 2. The minimum Gasteiger partial charge on any atom is -0.478 e. The number of halogens is 3. The van der Waals surface area contributed by atoms with Gasteiger partial charge in [-0.2, -0.15) is 18.3 Å². The minimum absolute atomic E-state index is 0.161. The van der Waals surface area contributed by atoms with Crippen LogP contribution in [0, 0.1) is 5.41 Å². The predicted molar refractivity (Wildman–Crippen MR) is 102 cm³/mol. The van der Waals surface area contributed by atoms with Gasteiger partial charge in [0, 0.05) is 17.5 Å². The summed E-state index contributed by atoms with van der Waals surface area (Å²) < 4.78 is 38.6. The number of rotatable bonds is 3. The molecule has 0 amide bonds. The highest BCUT2D eigenvalue weighted by Gasteiger charge is 2.35. The molecule has 2 aromatic carbocycles. The number of hydrazone groups is 1. The van der Waals surface area contributed by atoms with Gasteiger partial charge in [-0.25, -0.2) is 4.79 Å². The smallest absolute Gasteiger partial charge is 0.416 e. The summed E-state index contributed by atoms with van der Waals surface area (Å²) in [6.07, 6.45) is -3.80. The predicted octanol–water partition coefficient (Wildman–Crippen LogP) is 5.76. The Bertz CT molecular complexity index is 895.